The molecule has 0 spiro atoms. The Morgan fingerprint density at radius 1 is 1.57 bits per heavy atom. The molecular formula is C13H15N3O4S. The fourth-order valence-electron chi connectivity index (χ4n) is 2.08. The maximum absolute atomic E-state index is 11.2. The van der Waals surface area contributed by atoms with Crippen LogP contribution in [-0.4, -0.2) is 27.0 Å². The van der Waals surface area contributed by atoms with E-state index in [0.29, 0.717) is 23.1 Å². The predicted octanol–water partition coefficient (Wildman–Crippen LogP) is 3.18. The number of nitro groups is 1. The molecular weight excluding hydrogens is 294 g/mol. The third-order valence-corrected chi connectivity index (χ3v) is 3.95. The smallest absolute Gasteiger partial charge is 0.326 e. The van der Waals surface area contributed by atoms with E-state index in [4.69, 9.17) is 5.11 Å². The van der Waals surface area contributed by atoms with Crippen LogP contribution in [0.4, 0.5) is 11.4 Å². The Morgan fingerprint density at radius 2 is 2.29 bits per heavy atom. The van der Waals surface area contributed by atoms with Gasteiger partial charge in [0.1, 0.15) is 11.7 Å². The standard InChI is InChI=1S/C13H15N3O4S/c1-3-4-8(13(17)18)15-9-5-10-12(21-7(2)14-10)6-11(9)16(19)20/h5-6,8,15H,3-4H2,1-2H3,(H,17,18). The van der Waals surface area contributed by atoms with Crippen molar-refractivity contribution in [2.75, 3.05) is 5.32 Å². The summed E-state index contributed by atoms with van der Waals surface area (Å²) in [5, 5.41) is 23.9. The minimum atomic E-state index is -1.03. The van der Waals surface area contributed by atoms with Gasteiger partial charge in [0.25, 0.3) is 5.69 Å². The van der Waals surface area contributed by atoms with Gasteiger partial charge in [-0.2, -0.15) is 0 Å². The fourth-order valence-corrected chi connectivity index (χ4v) is 2.92. The van der Waals surface area contributed by atoms with Crippen LogP contribution in [0, 0.1) is 17.0 Å². The van der Waals surface area contributed by atoms with Crippen molar-refractivity contribution in [1.29, 1.82) is 0 Å². The van der Waals surface area contributed by atoms with Crippen LogP contribution in [0.5, 0.6) is 0 Å². The molecule has 1 atom stereocenters. The summed E-state index contributed by atoms with van der Waals surface area (Å²) in [5.74, 6) is -1.03. The number of hydrogen-bond donors (Lipinski definition) is 2. The number of aromatic nitrogens is 1. The highest BCUT2D eigenvalue weighted by Gasteiger charge is 2.23. The Labute approximate surface area is 124 Å². The predicted molar refractivity (Wildman–Crippen MR) is 81.0 cm³/mol. The number of carboxylic acid groups (broad SMARTS) is 1. The van der Waals surface area contributed by atoms with Gasteiger partial charge in [0, 0.05) is 6.07 Å². The second-order valence-corrected chi connectivity index (χ2v) is 5.89. The van der Waals surface area contributed by atoms with Crippen LogP contribution >= 0.6 is 11.3 Å². The lowest BCUT2D eigenvalue weighted by Gasteiger charge is -2.14. The monoisotopic (exact) mass is 309 g/mol. The van der Waals surface area contributed by atoms with E-state index in [1.54, 1.807) is 6.07 Å². The lowest BCUT2D eigenvalue weighted by Crippen LogP contribution is -2.29. The SMILES string of the molecule is CCCC(Nc1cc2nc(C)sc2cc1[N+](=O)[O-])C(=O)O. The molecule has 0 aliphatic heterocycles. The highest BCUT2D eigenvalue weighted by molar-refractivity contribution is 7.18. The fraction of sp³-hybridized carbons (Fsp3) is 0.385. The molecule has 7 nitrogen and oxygen atoms in total. The quantitative estimate of drug-likeness (QED) is 0.627. The van der Waals surface area contributed by atoms with Crippen LogP contribution < -0.4 is 5.32 Å². The van der Waals surface area contributed by atoms with Gasteiger partial charge in [0.2, 0.25) is 0 Å². The number of nitrogens with zero attached hydrogens (tertiary/aromatic N) is 2. The lowest BCUT2D eigenvalue weighted by atomic mass is 10.1. The Balaban J connectivity index is 2.46. The molecule has 2 aromatic rings. The van der Waals surface area contributed by atoms with E-state index in [0.717, 1.165) is 5.01 Å². The number of aryl methyl sites for hydroxylation is 1. The molecule has 0 fully saturated rings. The largest absolute Gasteiger partial charge is 0.480 e. The van der Waals surface area contributed by atoms with Crippen molar-refractivity contribution in [2.24, 2.45) is 0 Å². The number of nitrogens with one attached hydrogen (secondary N) is 1. The lowest BCUT2D eigenvalue weighted by molar-refractivity contribution is -0.383. The molecule has 0 saturated carbocycles. The Morgan fingerprint density at radius 3 is 2.86 bits per heavy atom. The Kier molecular flexibility index (Phi) is 4.37. The minimum absolute atomic E-state index is 0.131. The number of thiazole rings is 1. The van der Waals surface area contributed by atoms with Crippen molar-refractivity contribution in [1.82, 2.24) is 4.98 Å². The van der Waals surface area contributed by atoms with E-state index in [1.165, 1.54) is 17.4 Å². The van der Waals surface area contributed by atoms with Gasteiger partial charge in [0.15, 0.2) is 0 Å². The second-order valence-electron chi connectivity index (χ2n) is 4.65. The Hall–Kier alpha value is -2.22. The number of carbonyl (C=O) groups is 1. The third-order valence-electron chi connectivity index (χ3n) is 3.01. The first-order chi connectivity index (χ1) is 9.92. The van der Waals surface area contributed by atoms with Gasteiger partial charge in [-0.1, -0.05) is 13.3 Å². The second kappa shape index (κ2) is 6.04. The van der Waals surface area contributed by atoms with E-state index < -0.39 is 16.9 Å². The molecule has 0 aliphatic rings. The Bertz CT molecular complexity index is 698. The summed E-state index contributed by atoms with van der Waals surface area (Å²) in [6.07, 6.45) is 1.05. The summed E-state index contributed by atoms with van der Waals surface area (Å²) in [4.78, 5) is 26.1. The zero-order valence-electron chi connectivity index (χ0n) is 11.6. The average molecular weight is 309 g/mol. The molecule has 1 aromatic carbocycles. The number of anilines is 1. The number of nitro benzene ring substituents is 1. The van der Waals surface area contributed by atoms with E-state index in [2.05, 4.69) is 10.3 Å². The number of carboxylic acids is 1. The molecule has 0 saturated heterocycles. The van der Waals surface area contributed by atoms with Gasteiger partial charge in [0.05, 0.1) is 20.1 Å². The number of fused-ring (bicyclic) bond motifs is 1. The zero-order chi connectivity index (χ0) is 15.6. The highest BCUT2D eigenvalue weighted by Crippen LogP contribution is 2.33. The normalized spacial score (nSPS) is 12.3. The van der Waals surface area contributed by atoms with E-state index in [1.807, 2.05) is 13.8 Å². The summed E-state index contributed by atoms with van der Waals surface area (Å²) < 4.78 is 0.715. The first kappa shape index (κ1) is 15.2. The number of hydrogen-bond acceptors (Lipinski definition) is 6. The van der Waals surface area contributed by atoms with E-state index in [9.17, 15) is 14.9 Å². The van der Waals surface area contributed by atoms with Crippen LogP contribution in [0.1, 0.15) is 24.8 Å². The molecule has 0 aliphatic carbocycles. The molecule has 1 heterocycles. The van der Waals surface area contributed by atoms with Crippen molar-refractivity contribution >= 4 is 38.9 Å². The topological polar surface area (TPSA) is 105 Å². The first-order valence-electron chi connectivity index (χ1n) is 6.47. The van der Waals surface area contributed by atoms with Gasteiger partial charge in [-0.15, -0.1) is 11.3 Å². The van der Waals surface area contributed by atoms with Crippen molar-refractivity contribution in [3.8, 4) is 0 Å². The number of aliphatic carboxylic acids is 1. The summed E-state index contributed by atoms with van der Waals surface area (Å²) in [7, 11) is 0. The zero-order valence-corrected chi connectivity index (χ0v) is 12.4. The maximum Gasteiger partial charge on any atom is 0.326 e. The molecule has 21 heavy (non-hydrogen) atoms. The van der Waals surface area contributed by atoms with Crippen LogP contribution in [0.2, 0.25) is 0 Å². The summed E-state index contributed by atoms with van der Waals surface area (Å²) in [6.45, 7) is 3.68. The summed E-state index contributed by atoms with van der Waals surface area (Å²) in [6, 6.07) is 2.13. The van der Waals surface area contributed by atoms with Gasteiger partial charge >= 0.3 is 5.97 Å². The van der Waals surface area contributed by atoms with Crippen LogP contribution in [0.3, 0.4) is 0 Å². The van der Waals surface area contributed by atoms with Gasteiger partial charge < -0.3 is 10.4 Å². The maximum atomic E-state index is 11.2. The number of benzene rings is 1. The molecule has 112 valence electrons. The summed E-state index contributed by atoms with van der Waals surface area (Å²) in [5.41, 5.74) is 0.693. The minimum Gasteiger partial charge on any atom is -0.480 e. The van der Waals surface area contributed by atoms with Crippen molar-refractivity contribution in [3.05, 3.63) is 27.3 Å². The molecule has 0 radical (unpaired) electrons. The number of rotatable bonds is 6. The van der Waals surface area contributed by atoms with Gasteiger partial charge in [-0.05, 0) is 19.4 Å². The molecule has 0 bridgehead atoms. The van der Waals surface area contributed by atoms with Crippen molar-refractivity contribution in [2.45, 2.75) is 32.7 Å². The average Bonchev–Trinajstić information content (AvgIpc) is 2.76. The van der Waals surface area contributed by atoms with Gasteiger partial charge in [-0.3, -0.25) is 10.1 Å². The molecule has 1 aromatic heterocycles. The molecule has 1 unspecified atom stereocenters. The van der Waals surface area contributed by atoms with Crippen LogP contribution in [0.15, 0.2) is 12.1 Å². The molecule has 8 heteroatoms. The molecule has 2 rings (SSSR count). The van der Waals surface area contributed by atoms with Gasteiger partial charge in [-0.25, -0.2) is 9.78 Å². The molecule has 2 N–H and O–H groups in total. The first-order valence-corrected chi connectivity index (χ1v) is 7.29. The molecule has 0 amide bonds. The van der Waals surface area contributed by atoms with E-state index >= 15 is 0 Å². The third kappa shape index (κ3) is 3.27. The van der Waals surface area contributed by atoms with Crippen LogP contribution in [-0.2, 0) is 4.79 Å². The summed E-state index contributed by atoms with van der Waals surface area (Å²) >= 11 is 1.37. The highest BCUT2D eigenvalue weighted by atomic mass is 32.1. The van der Waals surface area contributed by atoms with Crippen molar-refractivity contribution < 1.29 is 14.8 Å². The van der Waals surface area contributed by atoms with Crippen molar-refractivity contribution in [3.63, 3.8) is 0 Å². The van der Waals surface area contributed by atoms with Crippen LogP contribution in [0.25, 0.3) is 10.2 Å². The van der Waals surface area contributed by atoms with E-state index in [-0.39, 0.29) is 11.4 Å².